The number of hydrogen-bond donors (Lipinski definition) is 1. The van der Waals surface area contributed by atoms with Crippen molar-refractivity contribution in [3.05, 3.63) is 104 Å². The van der Waals surface area contributed by atoms with Crippen LogP contribution < -0.4 is 15.0 Å². The largest absolute Gasteiger partial charge is 0.488 e. The molecule has 1 aliphatic heterocycles. The van der Waals surface area contributed by atoms with Gasteiger partial charge in [0.05, 0.1) is 10.6 Å². The third kappa shape index (κ3) is 5.12. The second kappa shape index (κ2) is 9.90. The number of ether oxygens (including phenoxy) is 1. The molecule has 35 heavy (non-hydrogen) atoms. The third-order valence-corrected chi connectivity index (χ3v) is 6.15. The molecule has 1 N–H and O–H groups in total. The molecule has 3 aromatic rings. The van der Waals surface area contributed by atoms with Crippen LogP contribution in [0.3, 0.4) is 0 Å². The van der Waals surface area contributed by atoms with Gasteiger partial charge in [-0.1, -0.05) is 34.1 Å². The lowest BCUT2D eigenvalue weighted by Crippen LogP contribution is -2.54. The fourth-order valence-electron chi connectivity index (χ4n) is 3.42. The first-order chi connectivity index (χ1) is 16.7. The maximum atomic E-state index is 13.2. The van der Waals surface area contributed by atoms with Crippen LogP contribution in [0.4, 0.5) is 16.2 Å². The van der Waals surface area contributed by atoms with E-state index in [0.717, 1.165) is 14.9 Å². The number of rotatable bonds is 6. The van der Waals surface area contributed by atoms with E-state index in [1.807, 2.05) is 6.92 Å². The molecule has 0 aliphatic carbocycles. The summed E-state index contributed by atoms with van der Waals surface area (Å²) in [6, 6.07) is 16.9. The Kier molecular flexibility index (Phi) is 6.74. The molecule has 4 amide bonds. The number of urea groups is 1. The Balaban J connectivity index is 1.61. The van der Waals surface area contributed by atoms with E-state index in [1.165, 1.54) is 18.2 Å². The number of hydrogen-bond acceptors (Lipinski definition) is 6. The van der Waals surface area contributed by atoms with Crippen molar-refractivity contribution in [2.45, 2.75) is 13.5 Å². The molecular formula is C25H18BrN3O6. The first kappa shape index (κ1) is 23.8. The molecule has 1 aliphatic rings. The maximum absolute atomic E-state index is 13.2. The number of amides is 4. The molecular weight excluding hydrogens is 518 g/mol. The van der Waals surface area contributed by atoms with Gasteiger partial charge in [-0.25, -0.2) is 9.69 Å². The predicted molar refractivity (Wildman–Crippen MR) is 132 cm³/mol. The summed E-state index contributed by atoms with van der Waals surface area (Å²) < 4.78 is 6.67. The van der Waals surface area contributed by atoms with E-state index in [1.54, 1.807) is 54.6 Å². The van der Waals surface area contributed by atoms with Gasteiger partial charge in [-0.15, -0.1) is 0 Å². The highest BCUT2D eigenvalue weighted by Crippen LogP contribution is 2.28. The average Bonchev–Trinajstić information content (AvgIpc) is 2.83. The molecule has 0 aromatic heterocycles. The van der Waals surface area contributed by atoms with Gasteiger partial charge >= 0.3 is 6.03 Å². The molecule has 1 saturated heterocycles. The number of nitrogens with zero attached hydrogens (tertiary/aromatic N) is 2. The topological polar surface area (TPSA) is 119 Å². The number of benzene rings is 3. The van der Waals surface area contributed by atoms with Crippen LogP contribution in [0.5, 0.6) is 5.75 Å². The summed E-state index contributed by atoms with van der Waals surface area (Å²) in [5, 5.41) is 13.0. The van der Waals surface area contributed by atoms with E-state index >= 15 is 0 Å². The van der Waals surface area contributed by atoms with Crippen molar-refractivity contribution >= 4 is 51.2 Å². The lowest BCUT2D eigenvalue weighted by atomic mass is 10.1. The molecule has 176 valence electrons. The molecule has 0 spiro atoms. The fourth-order valence-corrected chi connectivity index (χ4v) is 3.67. The van der Waals surface area contributed by atoms with Crippen LogP contribution >= 0.6 is 15.9 Å². The van der Waals surface area contributed by atoms with Gasteiger partial charge in [0.1, 0.15) is 17.9 Å². The number of carbonyl (C=O) groups is 3. The molecule has 4 rings (SSSR count). The number of imide groups is 2. The second-order valence-corrected chi connectivity index (χ2v) is 8.50. The van der Waals surface area contributed by atoms with Gasteiger partial charge in [0.15, 0.2) is 0 Å². The van der Waals surface area contributed by atoms with Crippen molar-refractivity contribution in [2.75, 3.05) is 4.90 Å². The lowest BCUT2D eigenvalue weighted by molar-refractivity contribution is -0.384. The molecule has 0 atom stereocenters. The van der Waals surface area contributed by atoms with Crippen LogP contribution in [0.25, 0.3) is 6.08 Å². The zero-order valence-corrected chi connectivity index (χ0v) is 19.9. The normalized spacial score (nSPS) is 14.7. The maximum Gasteiger partial charge on any atom is 0.335 e. The third-order valence-electron chi connectivity index (χ3n) is 5.26. The van der Waals surface area contributed by atoms with Crippen LogP contribution in [-0.2, 0) is 16.2 Å². The predicted octanol–water partition coefficient (Wildman–Crippen LogP) is 4.91. The Morgan fingerprint density at radius 2 is 1.77 bits per heavy atom. The number of halogens is 1. The van der Waals surface area contributed by atoms with E-state index in [2.05, 4.69) is 21.2 Å². The number of non-ortho nitro benzene ring substituents is 1. The minimum Gasteiger partial charge on any atom is -0.488 e. The van der Waals surface area contributed by atoms with Crippen molar-refractivity contribution in [2.24, 2.45) is 0 Å². The fraction of sp³-hybridized carbons (Fsp3) is 0.0800. The molecule has 3 aromatic carbocycles. The zero-order chi connectivity index (χ0) is 25.1. The summed E-state index contributed by atoms with van der Waals surface area (Å²) in [5.74, 6) is -1.18. The number of barbiturate groups is 1. The van der Waals surface area contributed by atoms with Crippen molar-refractivity contribution in [1.29, 1.82) is 0 Å². The molecule has 9 nitrogen and oxygen atoms in total. The van der Waals surface area contributed by atoms with Gasteiger partial charge < -0.3 is 4.74 Å². The van der Waals surface area contributed by atoms with Gasteiger partial charge in [-0.3, -0.25) is 25.0 Å². The zero-order valence-electron chi connectivity index (χ0n) is 18.4. The van der Waals surface area contributed by atoms with Crippen molar-refractivity contribution in [3.8, 4) is 5.75 Å². The summed E-state index contributed by atoms with van der Waals surface area (Å²) in [6.07, 6.45) is 1.37. The van der Waals surface area contributed by atoms with E-state index in [0.29, 0.717) is 22.6 Å². The standard InChI is InChI=1S/C25H18BrN3O6/c1-15-12-19(10-11-21(15)26)28-24(31)20(23(30)27-25(28)32)13-17-4-2-3-5-22(17)35-14-16-6-8-18(9-7-16)29(33)34/h2-13H,14H2,1H3,(H,27,30,32)/b20-13+. The number of para-hydroxylation sites is 1. The quantitative estimate of drug-likeness (QED) is 0.207. The van der Waals surface area contributed by atoms with E-state index in [9.17, 15) is 24.5 Å². The van der Waals surface area contributed by atoms with Crippen LogP contribution in [0.1, 0.15) is 16.7 Å². The van der Waals surface area contributed by atoms with Crippen molar-refractivity contribution in [3.63, 3.8) is 0 Å². The molecule has 0 saturated carbocycles. The summed E-state index contributed by atoms with van der Waals surface area (Å²) in [5.41, 5.74) is 2.04. The minimum absolute atomic E-state index is 0.0271. The van der Waals surface area contributed by atoms with Crippen LogP contribution in [0.15, 0.2) is 76.8 Å². The molecule has 0 unspecified atom stereocenters. The number of carbonyl (C=O) groups excluding carboxylic acids is 3. The highest BCUT2D eigenvalue weighted by Gasteiger charge is 2.37. The van der Waals surface area contributed by atoms with E-state index in [-0.39, 0.29) is 17.9 Å². The van der Waals surface area contributed by atoms with Crippen molar-refractivity contribution in [1.82, 2.24) is 5.32 Å². The van der Waals surface area contributed by atoms with Crippen LogP contribution in [-0.4, -0.2) is 22.8 Å². The highest BCUT2D eigenvalue weighted by atomic mass is 79.9. The summed E-state index contributed by atoms with van der Waals surface area (Å²) in [7, 11) is 0. The van der Waals surface area contributed by atoms with Crippen LogP contribution in [0, 0.1) is 17.0 Å². The number of nitro benzene ring substituents is 1. The Morgan fingerprint density at radius 3 is 2.46 bits per heavy atom. The molecule has 1 fully saturated rings. The number of nitrogens with one attached hydrogen (secondary N) is 1. The van der Waals surface area contributed by atoms with Crippen LogP contribution in [0.2, 0.25) is 0 Å². The lowest BCUT2D eigenvalue weighted by Gasteiger charge is -2.26. The molecule has 0 bridgehead atoms. The van der Waals surface area contributed by atoms with Gasteiger partial charge in [0, 0.05) is 22.2 Å². The first-order valence-corrected chi connectivity index (χ1v) is 11.2. The van der Waals surface area contributed by atoms with E-state index in [4.69, 9.17) is 4.74 Å². The molecule has 1 heterocycles. The summed E-state index contributed by atoms with van der Waals surface area (Å²) in [4.78, 5) is 49.5. The summed E-state index contributed by atoms with van der Waals surface area (Å²) in [6.45, 7) is 1.93. The Labute approximate surface area is 208 Å². The smallest absolute Gasteiger partial charge is 0.335 e. The first-order valence-electron chi connectivity index (χ1n) is 10.4. The number of nitro groups is 1. The highest BCUT2D eigenvalue weighted by molar-refractivity contribution is 9.10. The second-order valence-electron chi connectivity index (χ2n) is 7.64. The van der Waals surface area contributed by atoms with Gasteiger partial charge in [-0.2, -0.15) is 0 Å². The van der Waals surface area contributed by atoms with Gasteiger partial charge in [0.25, 0.3) is 17.5 Å². The van der Waals surface area contributed by atoms with E-state index < -0.39 is 22.8 Å². The number of anilines is 1. The monoisotopic (exact) mass is 535 g/mol. The Hall–Kier alpha value is -4.31. The minimum atomic E-state index is -0.832. The van der Waals surface area contributed by atoms with Crippen molar-refractivity contribution < 1.29 is 24.0 Å². The molecule has 10 heteroatoms. The average molecular weight is 536 g/mol. The Bertz CT molecular complexity index is 1380. The SMILES string of the molecule is Cc1cc(N2C(=O)NC(=O)/C(=C\c3ccccc3OCc3ccc([N+](=O)[O-])cc3)C2=O)ccc1Br. The Morgan fingerprint density at radius 1 is 1.06 bits per heavy atom. The molecule has 0 radical (unpaired) electrons. The number of aryl methyl sites for hydroxylation is 1. The van der Waals surface area contributed by atoms with Gasteiger partial charge in [0.2, 0.25) is 0 Å². The summed E-state index contributed by atoms with van der Waals surface area (Å²) >= 11 is 3.39. The van der Waals surface area contributed by atoms with Gasteiger partial charge in [-0.05, 0) is 60.5 Å².